The van der Waals surface area contributed by atoms with E-state index in [1.54, 1.807) is 24.7 Å². The zero-order valence-electron chi connectivity index (χ0n) is 18.7. The molecule has 1 amide bonds. The number of oxazole rings is 1. The Morgan fingerprint density at radius 1 is 1.18 bits per heavy atom. The van der Waals surface area contributed by atoms with Crippen molar-refractivity contribution in [1.82, 2.24) is 19.7 Å². The molecule has 0 saturated heterocycles. The Hall–Kier alpha value is -4.47. The van der Waals surface area contributed by atoms with Crippen LogP contribution in [-0.2, 0) is 10.3 Å². The lowest BCUT2D eigenvalue weighted by atomic mass is 10.0. The van der Waals surface area contributed by atoms with E-state index in [9.17, 15) is 4.79 Å². The summed E-state index contributed by atoms with van der Waals surface area (Å²) in [6.45, 7) is 4.66. The van der Waals surface area contributed by atoms with E-state index in [1.165, 1.54) is 0 Å². The zero-order chi connectivity index (χ0) is 23.6. The minimum absolute atomic E-state index is 0.139. The van der Waals surface area contributed by atoms with Gasteiger partial charge < -0.3 is 30.9 Å². The molecule has 0 atom stereocenters. The van der Waals surface area contributed by atoms with Crippen molar-refractivity contribution >= 4 is 39.6 Å². The monoisotopic (exact) mass is 457 g/mol. The number of primary amides is 1. The van der Waals surface area contributed by atoms with Gasteiger partial charge in [-0.2, -0.15) is 10.1 Å². The Balaban J connectivity index is 1.50. The van der Waals surface area contributed by atoms with E-state index >= 15 is 0 Å². The number of rotatable bonds is 4. The second-order valence-electron chi connectivity index (χ2n) is 8.88. The van der Waals surface area contributed by atoms with Gasteiger partial charge in [0.1, 0.15) is 23.4 Å². The SMILES string of the molecule is CC(C)(C(N)=O)n1cc(-c2cc3c4c(c(-c5ccc6oc(N)nc6c5)[nH]c4c2)NCCO3)cn1. The maximum absolute atomic E-state index is 11.9. The maximum atomic E-state index is 11.9. The van der Waals surface area contributed by atoms with Crippen molar-refractivity contribution in [2.24, 2.45) is 5.73 Å². The van der Waals surface area contributed by atoms with Crippen molar-refractivity contribution in [2.75, 3.05) is 24.2 Å². The summed E-state index contributed by atoms with van der Waals surface area (Å²) in [5.74, 6) is 0.312. The van der Waals surface area contributed by atoms with E-state index in [4.69, 9.17) is 20.6 Å². The highest BCUT2D eigenvalue weighted by Gasteiger charge is 2.28. The van der Waals surface area contributed by atoms with Gasteiger partial charge >= 0.3 is 0 Å². The zero-order valence-corrected chi connectivity index (χ0v) is 18.7. The number of ether oxygens (including phenoxy) is 1. The number of carbonyl (C=O) groups is 1. The van der Waals surface area contributed by atoms with Crippen LogP contribution in [0.15, 0.2) is 47.1 Å². The summed E-state index contributed by atoms with van der Waals surface area (Å²) in [7, 11) is 0. The summed E-state index contributed by atoms with van der Waals surface area (Å²) in [6.07, 6.45) is 3.54. The van der Waals surface area contributed by atoms with E-state index in [1.807, 2.05) is 36.5 Å². The van der Waals surface area contributed by atoms with Crippen LogP contribution >= 0.6 is 0 Å². The van der Waals surface area contributed by atoms with Gasteiger partial charge in [0.2, 0.25) is 5.91 Å². The molecule has 0 radical (unpaired) electrons. The van der Waals surface area contributed by atoms with Crippen LogP contribution in [0, 0.1) is 0 Å². The standard InChI is InChI=1S/C24H23N7O3/c1-24(2,22(25)32)31-11-14(10-28-31)13-8-16-19-18(9-13)33-6-5-27-21(19)20(29-16)12-3-4-17-15(7-12)30-23(26)34-17/h3-4,7-11,27,29H,5-6H2,1-2H3,(H2,25,32)(H2,26,30). The third-order valence-corrected chi connectivity index (χ3v) is 6.31. The van der Waals surface area contributed by atoms with Gasteiger partial charge in [-0.05, 0) is 49.7 Å². The number of nitrogens with two attached hydrogens (primary N) is 2. The van der Waals surface area contributed by atoms with Crippen LogP contribution in [0.4, 0.5) is 11.7 Å². The molecule has 1 aliphatic rings. The van der Waals surface area contributed by atoms with Crippen molar-refractivity contribution in [2.45, 2.75) is 19.4 Å². The van der Waals surface area contributed by atoms with Crippen LogP contribution in [-0.4, -0.2) is 38.8 Å². The van der Waals surface area contributed by atoms with Gasteiger partial charge in [-0.15, -0.1) is 0 Å². The number of benzene rings is 2. The fourth-order valence-electron chi connectivity index (χ4n) is 4.30. The summed E-state index contributed by atoms with van der Waals surface area (Å²) in [5, 5.41) is 8.85. The number of hydrogen-bond donors (Lipinski definition) is 4. The molecule has 0 aliphatic carbocycles. The smallest absolute Gasteiger partial charge is 0.292 e. The molecule has 10 heteroatoms. The second kappa shape index (κ2) is 7.01. The van der Waals surface area contributed by atoms with Gasteiger partial charge in [-0.25, -0.2) is 0 Å². The fourth-order valence-corrected chi connectivity index (χ4v) is 4.30. The van der Waals surface area contributed by atoms with E-state index in [2.05, 4.69) is 20.4 Å². The molecule has 0 fully saturated rings. The Morgan fingerprint density at radius 2 is 2.03 bits per heavy atom. The number of carbonyl (C=O) groups excluding carboxylic acids is 1. The van der Waals surface area contributed by atoms with Crippen LogP contribution in [0.3, 0.4) is 0 Å². The Labute approximate surface area is 193 Å². The number of anilines is 2. The van der Waals surface area contributed by atoms with Crippen LogP contribution in [0.1, 0.15) is 13.8 Å². The molecule has 2 aromatic carbocycles. The third kappa shape index (κ3) is 2.99. The average molecular weight is 457 g/mol. The number of nitrogens with one attached hydrogen (secondary N) is 2. The van der Waals surface area contributed by atoms with E-state index in [0.29, 0.717) is 24.3 Å². The van der Waals surface area contributed by atoms with E-state index in [-0.39, 0.29) is 6.01 Å². The van der Waals surface area contributed by atoms with Gasteiger partial charge in [0.05, 0.1) is 28.5 Å². The highest BCUT2D eigenvalue weighted by molar-refractivity contribution is 6.07. The fraction of sp³-hybridized carbons (Fsp3) is 0.208. The topological polar surface area (TPSA) is 150 Å². The molecule has 10 nitrogen and oxygen atoms in total. The lowest BCUT2D eigenvalue weighted by Crippen LogP contribution is -2.41. The number of nitrogens with zero attached hydrogens (tertiary/aromatic N) is 3. The normalized spacial score (nSPS) is 13.6. The van der Waals surface area contributed by atoms with Crippen molar-refractivity contribution in [3.63, 3.8) is 0 Å². The summed E-state index contributed by atoms with van der Waals surface area (Å²) in [4.78, 5) is 19.7. The maximum Gasteiger partial charge on any atom is 0.292 e. The van der Waals surface area contributed by atoms with Crippen LogP contribution in [0.2, 0.25) is 0 Å². The van der Waals surface area contributed by atoms with Crippen molar-refractivity contribution in [3.05, 3.63) is 42.7 Å². The van der Waals surface area contributed by atoms with E-state index < -0.39 is 11.4 Å². The molecular formula is C24H23N7O3. The van der Waals surface area contributed by atoms with Gasteiger partial charge in [-0.3, -0.25) is 9.48 Å². The molecule has 6 rings (SSSR count). The Morgan fingerprint density at radius 3 is 2.85 bits per heavy atom. The van der Waals surface area contributed by atoms with Crippen LogP contribution < -0.4 is 21.5 Å². The first-order chi connectivity index (χ1) is 16.3. The molecule has 0 unspecified atom stereocenters. The van der Waals surface area contributed by atoms with Gasteiger partial charge in [0.25, 0.3) is 6.01 Å². The van der Waals surface area contributed by atoms with Crippen LogP contribution in [0.25, 0.3) is 44.4 Å². The minimum Gasteiger partial charge on any atom is -0.491 e. The molecule has 172 valence electrons. The molecule has 3 aromatic heterocycles. The van der Waals surface area contributed by atoms with Gasteiger partial charge in [-0.1, -0.05) is 0 Å². The molecule has 1 aliphatic heterocycles. The lowest BCUT2D eigenvalue weighted by molar-refractivity contribution is -0.125. The number of hydrogen-bond acceptors (Lipinski definition) is 7. The molecule has 5 aromatic rings. The number of aromatic amines is 1. The predicted octanol–water partition coefficient (Wildman–Crippen LogP) is 3.45. The molecule has 6 N–H and O–H groups in total. The molecule has 0 saturated carbocycles. The molecule has 0 spiro atoms. The molecule has 4 heterocycles. The highest BCUT2D eigenvalue weighted by Crippen LogP contribution is 2.44. The number of amides is 1. The Kier molecular flexibility index (Phi) is 4.16. The van der Waals surface area contributed by atoms with Crippen LogP contribution in [0.5, 0.6) is 5.75 Å². The van der Waals surface area contributed by atoms with Crippen molar-refractivity contribution < 1.29 is 13.9 Å². The Bertz CT molecular complexity index is 1590. The molecule has 0 bridgehead atoms. The average Bonchev–Trinajstić information content (AvgIpc) is 3.48. The highest BCUT2D eigenvalue weighted by atomic mass is 16.5. The summed E-state index contributed by atoms with van der Waals surface area (Å²) < 4.78 is 13.1. The lowest BCUT2D eigenvalue weighted by Gasteiger charge is -2.20. The first kappa shape index (κ1) is 20.2. The third-order valence-electron chi connectivity index (χ3n) is 6.31. The number of aromatic nitrogens is 4. The van der Waals surface area contributed by atoms with Gasteiger partial charge in [0.15, 0.2) is 5.58 Å². The van der Waals surface area contributed by atoms with Crippen molar-refractivity contribution in [3.8, 4) is 28.1 Å². The predicted molar refractivity (Wildman–Crippen MR) is 129 cm³/mol. The van der Waals surface area contributed by atoms with Gasteiger partial charge in [0, 0.05) is 23.9 Å². The molecular weight excluding hydrogens is 434 g/mol. The summed E-state index contributed by atoms with van der Waals surface area (Å²) in [6, 6.07) is 9.96. The number of nitrogen functional groups attached to an aromatic ring is 1. The number of H-pyrrole nitrogens is 1. The second-order valence-corrected chi connectivity index (χ2v) is 8.88. The minimum atomic E-state index is -0.940. The van der Waals surface area contributed by atoms with E-state index in [0.717, 1.165) is 44.7 Å². The summed E-state index contributed by atoms with van der Waals surface area (Å²) in [5.41, 5.74) is 17.2. The quantitative estimate of drug-likeness (QED) is 0.323. The van der Waals surface area contributed by atoms with Crippen molar-refractivity contribution in [1.29, 1.82) is 0 Å². The first-order valence-electron chi connectivity index (χ1n) is 10.9. The molecule has 34 heavy (non-hydrogen) atoms. The first-order valence-corrected chi connectivity index (χ1v) is 10.9. The summed E-state index contributed by atoms with van der Waals surface area (Å²) >= 11 is 0. The largest absolute Gasteiger partial charge is 0.491 e. The number of fused-ring (bicyclic) bond motifs is 1.